The zero-order valence-electron chi connectivity index (χ0n) is 17.8. The van der Waals surface area contributed by atoms with Gasteiger partial charge in [0, 0.05) is 43.0 Å². The maximum Gasteiger partial charge on any atom is 0.258 e. The molecule has 1 saturated heterocycles. The number of aliphatic hydroxyl groups is 1. The topological polar surface area (TPSA) is 88.7 Å². The molecular formula is C24H24FN3O4. The highest BCUT2D eigenvalue weighted by Gasteiger charge is 2.48. The molecule has 1 N–H and O–H groups in total. The number of carbonyl (C=O) groups excluding carboxylic acids is 1. The second-order valence-corrected chi connectivity index (χ2v) is 8.44. The van der Waals surface area contributed by atoms with Gasteiger partial charge in [0.25, 0.3) is 5.89 Å². The number of rotatable bonds is 6. The van der Waals surface area contributed by atoms with Crippen LogP contribution in [0.3, 0.4) is 0 Å². The average Bonchev–Trinajstić information content (AvgIpc) is 3.47. The van der Waals surface area contributed by atoms with Crippen molar-refractivity contribution in [3.05, 3.63) is 53.6 Å². The standard InChI is InChI=1S/C24H24FN3O4/c1-15(25)31-17-7-5-16(6-8-17)23-26-22(27-32-23)19-3-2-4-20-18(19)9-10-24(20)13-21(30)28(14-24)11-12-29/h2-8,15,29H,9-14H2,1H3. The van der Waals surface area contributed by atoms with Gasteiger partial charge in [-0.15, -0.1) is 0 Å². The summed E-state index contributed by atoms with van der Waals surface area (Å²) in [7, 11) is 0. The third-order valence-electron chi connectivity index (χ3n) is 6.37. The minimum Gasteiger partial charge on any atom is -0.461 e. The van der Waals surface area contributed by atoms with Crippen LogP contribution in [0.2, 0.25) is 0 Å². The number of β-amino-alcohol motifs (C(OH)–C–C–N with tert-alkyl or cyclic N) is 1. The second kappa shape index (κ2) is 8.02. The number of ether oxygens (including phenoxy) is 1. The first-order chi connectivity index (χ1) is 15.5. The molecule has 2 unspecified atom stereocenters. The van der Waals surface area contributed by atoms with Crippen LogP contribution in [0.4, 0.5) is 4.39 Å². The lowest BCUT2D eigenvalue weighted by Gasteiger charge is -2.24. The summed E-state index contributed by atoms with van der Waals surface area (Å²) in [4.78, 5) is 18.8. The zero-order chi connectivity index (χ0) is 22.3. The van der Waals surface area contributed by atoms with Gasteiger partial charge >= 0.3 is 0 Å². The number of likely N-dealkylation sites (tertiary alicyclic amines) is 1. The number of fused-ring (bicyclic) bond motifs is 2. The Hall–Kier alpha value is -3.26. The van der Waals surface area contributed by atoms with Gasteiger partial charge < -0.3 is 19.3 Å². The molecule has 1 aliphatic heterocycles. The van der Waals surface area contributed by atoms with E-state index < -0.39 is 6.36 Å². The SMILES string of the molecule is CC(F)Oc1ccc(-c2nc(-c3cccc4c3CCC43CC(=O)N(CCO)C3)no2)cc1. The molecule has 7 nitrogen and oxygen atoms in total. The van der Waals surface area contributed by atoms with Gasteiger partial charge in [0.05, 0.1) is 6.61 Å². The number of benzene rings is 2. The Kier molecular flexibility index (Phi) is 5.17. The Bertz CT molecular complexity index is 1140. The van der Waals surface area contributed by atoms with Crippen LogP contribution >= 0.6 is 0 Å². The normalized spacial score (nSPS) is 20.7. The predicted octanol–water partition coefficient (Wildman–Crippen LogP) is 3.51. The highest BCUT2D eigenvalue weighted by molar-refractivity contribution is 5.82. The van der Waals surface area contributed by atoms with Crippen molar-refractivity contribution in [3.63, 3.8) is 0 Å². The lowest BCUT2D eigenvalue weighted by molar-refractivity contribution is -0.128. The van der Waals surface area contributed by atoms with E-state index in [2.05, 4.69) is 16.2 Å². The number of amides is 1. The highest BCUT2D eigenvalue weighted by Crippen LogP contribution is 2.48. The van der Waals surface area contributed by atoms with Gasteiger partial charge in [-0.05, 0) is 48.2 Å². The van der Waals surface area contributed by atoms with Crippen LogP contribution in [-0.4, -0.2) is 52.1 Å². The van der Waals surface area contributed by atoms with Crippen LogP contribution in [0.5, 0.6) is 5.75 Å². The van der Waals surface area contributed by atoms with Crippen molar-refractivity contribution in [2.75, 3.05) is 19.7 Å². The van der Waals surface area contributed by atoms with Crippen LogP contribution in [0.25, 0.3) is 22.8 Å². The second-order valence-electron chi connectivity index (χ2n) is 8.44. The molecule has 0 bridgehead atoms. The minimum atomic E-state index is -1.38. The van der Waals surface area contributed by atoms with E-state index in [0.717, 1.165) is 29.5 Å². The lowest BCUT2D eigenvalue weighted by atomic mass is 9.80. The molecule has 1 amide bonds. The Morgan fingerprint density at radius 3 is 2.84 bits per heavy atom. The summed E-state index contributed by atoms with van der Waals surface area (Å²) < 4.78 is 23.5. The number of nitrogens with zero attached hydrogens (tertiary/aromatic N) is 3. The summed E-state index contributed by atoms with van der Waals surface area (Å²) in [6.07, 6.45) is 0.799. The first-order valence-corrected chi connectivity index (χ1v) is 10.8. The smallest absolute Gasteiger partial charge is 0.258 e. The molecule has 3 aromatic rings. The molecule has 0 saturated carbocycles. The van der Waals surface area contributed by atoms with Gasteiger partial charge in [-0.1, -0.05) is 23.4 Å². The van der Waals surface area contributed by atoms with Crippen LogP contribution in [0.15, 0.2) is 47.0 Å². The number of alkyl halides is 1. The molecule has 32 heavy (non-hydrogen) atoms. The predicted molar refractivity (Wildman–Crippen MR) is 115 cm³/mol. The quantitative estimate of drug-likeness (QED) is 0.635. The maximum absolute atomic E-state index is 13.0. The molecule has 2 aromatic carbocycles. The molecule has 1 aliphatic carbocycles. The summed E-state index contributed by atoms with van der Waals surface area (Å²) in [5.74, 6) is 1.39. The Balaban J connectivity index is 1.43. The van der Waals surface area contributed by atoms with Crippen molar-refractivity contribution >= 4 is 5.91 Å². The molecule has 166 valence electrons. The van der Waals surface area contributed by atoms with Crippen LogP contribution in [0, 0.1) is 0 Å². The van der Waals surface area contributed by atoms with Crippen molar-refractivity contribution in [2.45, 2.75) is 38.0 Å². The molecule has 2 heterocycles. The summed E-state index contributed by atoms with van der Waals surface area (Å²) in [5, 5.41) is 13.5. The van der Waals surface area contributed by atoms with Gasteiger partial charge in [-0.2, -0.15) is 4.98 Å². The lowest BCUT2D eigenvalue weighted by Crippen LogP contribution is -2.32. The number of carbonyl (C=O) groups is 1. The Labute approximate surface area is 184 Å². The Morgan fingerprint density at radius 1 is 1.28 bits per heavy atom. The van der Waals surface area contributed by atoms with Gasteiger partial charge in [0.15, 0.2) is 0 Å². The number of hydrogen-bond acceptors (Lipinski definition) is 6. The number of hydrogen-bond donors (Lipinski definition) is 1. The van der Waals surface area contributed by atoms with Gasteiger partial charge in [-0.25, -0.2) is 4.39 Å². The summed E-state index contributed by atoms with van der Waals surface area (Å²) in [6, 6.07) is 12.9. The van der Waals surface area contributed by atoms with Crippen molar-refractivity contribution in [1.29, 1.82) is 0 Å². The molecule has 1 fully saturated rings. The molecule has 0 radical (unpaired) electrons. The molecule has 2 atom stereocenters. The van der Waals surface area contributed by atoms with E-state index in [1.807, 2.05) is 12.1 Å². The summed E-state index contributed by atoms with van der Waals surface area (Å²) in [6.45, 7) is 2.30. The Morgan fingerprint density at radius 2 is 2.09 bits per heavy atom. The van der Waals surface area contributed by atoms with Crippen molar-refractivity contribution in [1.82, 2.24) is 15.0 Å². The van der Waals surface area contributed by atoms with Crippen LogP contribution < -0.4 is 4.74 Å². The van der Waals surface area contributed by atoms with E-state index in [4.69, 9.17) is 9.26 Å². The molecule has 1 spiro atoms. The van der Waals surface area contributed by atoms with E-state index in [-0.39, 0.29) is 17.9 Å². The molecule has 8 heteroatoms. The van der Waals surface area contributed by atoms with Crippen molar-refractivity contribution < 1.29 is 23.6 Å². The minimum absolute atomic E-state index is 0.0275. The summed E-state index contributed by atoms with van der Waals surface area (Å²) in [5.41, 5.74) is 3.73. The van der Waals surface area contributed by atoms with E-state index >= 15 is 0 Å². The first-order valence-electron chi connectivity index (χ1n) is 10.8. The van der Waals surface area contributed by atoms with E-state index in [1.54, 1.807) is 29.2 Å². The molecular weight excluding hydrogens is 413 g/mol. The van der Waals surface area contributed by atoms with Crippen LogP contribution in [0.1, 0.15) is 30.9 Å². The third kappa shape index (κ3) is 3.54. The highest BCUT2D eigenvalue weighted by atomic mass is 19.1. The summed E-state index contributed by atoms with van der Waals surface area (Å²) >= 11 is 0. The van der Waals surface area contributed by atoms with E-state index in [0.29, 0.717) is 42.5 Å². The zero-order valence-corrected chi connectivity index (χ0v) is 17.8. The van der Waals surface area contributed by atoms with Gasteiger partial charge in [0.1, 0.15) is 5.75 Å². The number of aromatic nitrogens is 2. The van der Waals surface area contributed by atoms with Crippen LogP contribution in [-0.2, 0) is 16.6 Å². The maximum atomic E-state index is 13.0. The first kappa shape index (κ1) is 20.6. The third-order valence-corrected chi connectivity index (χ3v) is 6.37. The van der Waals surface area contributed by atoms with Gasteiger partial charge in [0.2, 0.25) is 18.1 Å². The van der Waals surface area contributed by atoms with Gasteiger partial charge in [-0.3, -0.25) is 4.79 Å². The van der Waals surface area contributed by atoms with Crippen molar-refractivity contribution in [3.8, 4) is 28.6 Å². The fourth-order valence-electron chi connectivity index (χ4n) is 4.96. The number of halogens is 1. The van der Waals surface area contributed by atoms with E-state index in [9.17, 15) is 14.3 Å². The van der Waals surface area contributed by atoms with E-state index in [1.165, 1.54) is 6.92 Å². The molecule has 2 aliphatic rings. The molecule has 5 rings (SSSR count). The fourth-order valence-corrected chi connectivity index (χ4v) is 4.96. The van der Waals surface area contributed by atoms with Crippen molar-refractivity contribution in [2.24, 2.45) is 0 Å². The fraction of sp³-hybridized carbons (Fsp3) is 0.375. The molecule has 1 aromatic heterocycles. The number of aliphatic hydroxyl groups excluding tert-OH is 1. The average molecular weight is 437 g/mol. The largest absolute Gasteiger partial charge is 0.461 e. The monoisotopic (exact) mass is 437 g/mol.